The van der Waals surface area contributed by atoms with E-state index in [4.69, 9.17) is 25.8 Å². The van der Waals surface area contributed by atoms with Crippen LogP contribution >= 0.6 is 20.0 Å². The van der Waals surface area contributed by atoms with E-state index in [-0.39, 0.29) is 11.5 Å². The Morgan fingerprint density at radius 3 is 2.21 bits per heavy atom. The number of hydrogen-bond acceptors (Lipinski definition) is 7. The molecular formula is C18H28N3O5PS. The van der Waals surface area contributed by atoms with Gasteiger partial charge in [0.05, 0.1) is 16.8 Å². The van der Waals surface area contributed by atoms with Crippen LogP contribution < -0.4 is 4.52 Å². The Morgan fingerprint density at radius 2 is 1.75 bits per heavy atom. The molecule has 0 aliphatic heterocycles. The first-order valence-electron chi connectivity index (χ1n) is 8.93. The number of phenols is 1. The van der Waals surface area contributed by atoms with Gasteiger partial charge >= 0.3 is 7.82 Å². The fourth-order valence-corrected chi connectivity index (χ4v) is 4.52. The number of aromatic hydroxyl groups is 1. The molecule has 8 nitrogen and oxygen atoms in total. The van der Waals surface area contributed by atoms with Crippen molar-refractivity contribution < 1.29 is 23.2 Å². The van der Waals surface area contributed by atoms with Gasteiger partial charge in [-0.15, -0.1) is 0 Å². The molecule has 1 aromatic heterocycles. The van der Waals surface area contributed by atoms with Crippen LogP contribution in [0.4, 0.5) is 0 Å². The summed E-state index contributed by atoms with van der Waals surface area (Å²) in [4.78, 5) is 0. The lowest BCUT2D eigenvalue weighted by Gasteiger charge is -2.30. The smallest absolute Gasteiger partial charge is 0.507 e. The first-order valence-corrected chi connectivity index (χ1v) is 10.8. The number of phosphoric acid groups is 1. The maximum absolute atomic E-state index is 13.2. The Balaban J connectivity index is 2.38. The van der Waals surface area contributed by atoms with E-state index in [1.807, 2.05) is 6.92 Å². The summed E-state index contributed by atoms with van der Waals surface area (Å²) in [6.07, 6.45) is 0. The Bertz CT molecular complexity index is 920. The molecule has 0 unspecified atom stereocenters. The SMILES string of the molecule is CCn1c(-c2ccc(OP(=O)(OC(C)(C)C)OC(C)(C)C)cc2O)n[nH]c1=S. The van der Waals surface area contributed by atoms with Gasteiger partial charge in [0.25, 0.3) is 0 Å². The number of aromatic nitrogens is 3. The molecule has 0 aliphatic rings. The van der Waals surface area contributed by atoms with E-state index in [0.29, 0.717) is 22.7 Å². The van der Waals surface area contributed by atoms with Crippen LogP contribution in [0.1, 0.15) is 48.5 Å². The summed E-state index contributed by atoms with van der Waals surface area (Å²) in [6.45, 7) is 13.0. The van der Waals surface area contributed by atoms with Crippen LogP contribution in [0.3, 0.4) is 0 Å². The number of phosphoric ester groups is 1. The highest BCUT2D eigenvalue weighted by Crippen LogP contribution is 2.55. The zero-order chi connectivity index (χ0) is 21.3. The number of nitrogens with one attached hydrogen (secondary N) is 1. The Morgan fingerprint density at radius 1 is 1.18 bits per heavy atom. The van der Waals surface area contributed by atoms with Gasteiger partial charge in [-0.25, -0.2) is 4.57 Å². The van der Waals surface area contributed by atoms with Crippen LogP contribution in [0.5, 0.6) is 11.5 Å². The summed E-state index contributed by atoms with van der Waals surface area (Å²) in [5, 5.41) is 17.4. The average Bonchev–Trinajstić information content (AvgIpc) is 2.83. The predicted molar refractivity (Wildman–Crippen MR) is 110 cm³/mol. The van der Waals surface area contributed by atoms with Gasteiger partial charge in [-0.1, -0.05) is 0 Å². The molecule has 0 saturated carbocycles. The van der Waals surface area contributed by atoms with Crippen molar-refractivity contribution >= 4 is 20.0 Å². The molecule has 0 saturated heterocycles. The third-order valence-electron chi connectivity index (χ3n) is 3.27. The topological polar surface area (TPSA) is 98.6 Å². The average molecular weight is 429 g/mol. The summed E-state index contributed by atoms with van der Waals surface area (Å²) < 4.78 is 32.2. The van der Waals surface area contributed by atoms with Crippen molar-refractivity contribution in [1.82, 2.24) is 14.8 Å². The molecule has 0 amide bonds. The van der Waals surface area contributed by atoms with E-state index in [1.165, 1.54) is 6.07 Å². The normalized spacial score (nSPS) is 13.0. The van der Waals surface area contributed by atoms with Gasteiger partial charge in [0.1, 0.15) is 11.5 Å². The third-order valence-corrected chi connectivity index (χ3v) is 5.56. The van der Waals surface area contributed by atoms with Crippen molar-refractivity contribution in [3.8, 4) is 22.9 Å². The third kappa shape index (κ3) is 5.91. The minimum atomic E-state index is -3.96. The number of nitrogens with zero attached hydrogens (tertiary/aromatic N) is 2. The van der Waals surface area contributed by atoms with E-state index in [0.717, 1.165) is 0 Å². The second kappa shape index (κ2) is 7.99. The van der Waals surface area contributed by atoms with Gasteiger partial charge in [0, 0.05) is 12.6 Å². The minimum absolute atomic E-state index is 0.0979. The first kappa shape index (κ1) is 22.6. The summed E-state index contributed by atoms with van der Waals surface area (Å²) >= 11 is 5.18. The van der Waals surface area contributed by atoms with Gasteiger partial charge < -0.3 is 14.2 Å². The lowest BCUT2D eigenvalue weighted by Crippen LogP contribution is -2.25. The predicted octanol–water partition coefficient (Wildman–Crippen LogP) is 5.45. The second-order valence-electron chi connectivity index (χ2n) is 8.22. The molecule has 0 bridgehead atoms. The highest BCUT2D eigenvalue weighted by Gasteiger charge is 2.38. The van der Waals surface area contributed by atoms with Crippen molar-refractivity contribution in [3.63, 3.8) is 0 Å². The maximum Gasteiger partial charge on any atom is 0.531 e. The van der Waals surface area contributed by atoms with Crippen LogP contribution in [0, 0.1) is 4.77 Å². The summed E-state index contributed by atoms with van der Waals surface area (Å²) in [6, 6.07) is 4.52. The van der Waals surface area contributed by atoms with E-state index in [1.54, 1.807) is 58.2 Å². The zero-order valence-electron chi connectivity index (χ0n) is 17.3. The Labute approximate surface area is 170 Å². The van der Waals surface area contributed by atoms with Crippen LogP contribution in [0.2, 0.25) is 0 Å². The van der Waals surface area contributed by atoms with Gasteiger partial charge in [0.15, 0.2) is 10.6 Å². The van der Waals surface area contributed by atoms with E-state index >= 15 is 0 Å². The van der Waals surface area contributed by atoms with Gasteiger partial charge in [0.2, 0.25) is 0 Å². The Kier molecular flexibility index (Phi) is 6.45. The second-order valence-corrected chi connectivity index (χ2v) is 10.1. The minimum Gasteiger partial charge on any atom is -0.507 e. The molecule has 0 spiro atoms. The standard InChI is InChI=1S/C18H28N3O5PS/c1-8-21-15(19-20-16(21)28)13-10-9-12(11-14(13)22)24-27(23,25-17(2,3)4)26-18(5,6)7/h9-11,22H,8H2,1-7H3,(H,20,28). The van der Waals surface area contributed by atoms with Crippen molar-refractivity contribution in [2.75, 3.05) is 0 Å². The largest absolute Gasteiger partial charge is 0.531 e. The van der Waals surface area contributed by atoms with Crippen LogP contribution in [0.25, 0.3) is 11.4 Å². The van der Waals surface area contributed by atoms with Crippen molar-refractivity contribution in [2.45, 2.75) is 66.2 Å². The molecular weight excluding hydrogens is 401 g/mol. The van der Waals surface area contributed by atoms with Gasteiger partial charge in [-0.05, 0) is 72.8 Å². The maximum atomic E-state index is 13.2. The molecule has 0 aliphatic carbocycles. The lowest BCUT2D eigenvalue weighted by molar-refractivity contribution is 0.0224. The Hall–Kier alpha value is -1.67. The lowest BCUT2D eigenvalue weighted by atomic mass is 10.2. The number of phenolic OH excluding ortho intramolecular Hbond substituents is 1. The number of H-pyrrole nitrogens is 1. The molecule has 28 heavy (non-hydrogen) atoms. The molecule has 2 rings (SSSR count). The van der Waals surface area contributed by atoms with E-state index in [9.17, 15) is 9.67 Å². The fraction of sp³-hybridized carbons (Fsp3) is 0.556. The van der Waals surface area contributed by atoms with Crippen molar-refractivity contribution in [3.05, 3.63) is 23.0 Å². The summed E-state index contributed by atoms with van der Waals surface area (Å²) in [5.41, 5.74) is -1.06. The fourth-order valence-electron chi connectivity index (χ4n) is 2.43. The molecule has 2 aromatic rings. The summed E-state index contributed by atoms with van der Waals surface area (Å²) in [7, 11) is -3.96. The van der Waals surface area contributed by atoms with Crippen LogP contribution in [0.15, 0.2) is 18.2 Å². The number of rotatable bonds is 6. The molecule has 0 radical (unpaired) electrons. The van der Waals surface area contributed by atoms with Gasteiger partial charge in [-0.2, -0.15) is 5.10 Å². The number of benzene rings is 1. The van der Waals surface area contributed by atoms with E-state index < -0.39 is 19.0 Å². The first-order chi connectivity index (χ1) is 12.7. The van der Waals surface area contributed by atoms with Crippen LogP contribution in [-0.4, -0.2) is 31.1 Å². The molecule has 1 heterocycles. The molecule has 1 aromatic carbocycles. The zero-order valence-corrected chi connectivity index (χ0v) is 19.0. The highest BCUT2D eigenvalue weighted by molar-refractivity contribution is 7.71. The molecule has 0 atom stereocenters. The van der Waals surface area contributed by atoms with Gasteiger partial charge in [-0.3, -0.25) is 14.1 Å². The number of aromatic amines is 1. The quantitative estimate of drug-likeness (QED) is 0.465. The van der Waals surface area contributed by atoms with E-state index in [2.05, 4.69) is 10.2 Å². The number of hydrogen-bond donors (Lipinski definition) is 2. The summed E-state index contributed by atoms with van der Waals surface area (Å²) in [5.74, 6) is 0.547. The van der Waals surface area contributed by atoms with Crippen molar-refractivity contribution in [1.29, 1.82) is 0 Å². The van der Waals surface area contributed by atoms with Crippen molar-refractivity contribution in [2.24, 2.45) is 0 Å². The van der Waals surface area contributed by atoms with Crippen LogP contribution in [-0.2, 0) is 20.2 Å². The molecule has 156 valence electrons. The molecule has 0 fully saturated rings. The molecule has 2 N–H and O–H groups in total. The monoisotopic (exact) mass is 429 g/mol. The highest BCUT2D eigenvalue weighted by atomic mass is 32.1. The molecule has 10 heteroatoms.